The molecule has 5 heteroatoms. The molecule has 1 rings (SSSR count). The zero-order valence-corrected chi connectivity index (χ0v) is 5.60. The summed E-state index contributed by atoms with van der Waals surface area (Å²) in [6.07, 6.45) is 0. The maximum Gasteiger partial charge on any atom is 0.293 e. The summed E-state index contributed by atoms with van der Waals surface area (Å²) in [7, 11) is 0. The molecule has 2 N–H and O–H groups in total. The van der Waals surface area contributed by atoms with E-state index in [1.165, 1.54) is 11.3 Å². The van der Waals surface area contributed by atoms with Crippen LogP contribution in [0.5, 0.6) is 5.19 Å². The molecule has 0 amide bonds. The largest absolute Gasteiger partial charge is 0.468 e. The van der Waals surface area contributed by atoms with Gasteiger partial charge in [-0.2, -0.15) is 0 Å². The van der Waals surface area contributed by atoms with Crippen LogP contribution in [0, 0.1) is 0 Å². The van der Waals surface area contributed by atoms with E-state index in [4.69, 9.17) is 10.5 Å². The lowest BCUT2D eigenvalue weighted by Crippen LogP contribution is -2.10. The molecule has 0 aliphatic carbocycles. The van der Waals surface area contributed by atoms with Gasteiger partial charge in [-0.25, -0.2) is 0 Å². The van der Waals surface area contributed by atoms with Gasteiger partial charge in [0.2, 0.25) is 0 Å². The van der Waals surface area contributed by atoms with E-state index >= 15 is 0 Å². The van der Waals surface area contributed by atoms with E-state index in [9.17, 15) is 0 Å². The molecule has 0 aromatic carbocycles. The number of ether oxygens (including phenoxy) is 1. The predicted molar refractivity (Wildman–Crippen MR) is 34.5 cm³/mol. The highest BCUT2D eigenvalue weighted by molar-refractivity contribution is 7.11. The van der Waals surface area contributed by atoms with Crippen molar-refractivity contribution in [2.45, 2.75) is 0 Å². The van der Waals surface area contributed by atoms with Crippen molar-refractivity contribution >= 4 is 11.3 Å². The number of nitrogens with zero attached hydrogens (tertiary/aromatic N) is 2. The van der Waals surface area contributed by atoms with E-state index in [1.807, 2.05) is 0 Å². The second-order valence-electron chi connectivity index (χ2n) is 1.34. The number of hydrogen-bond acceptors (Lipinski definition) is 5. The highest BCUT2D eigenvalue weighted by atomic mass is 32.1. The normalized spacial score (nSPS) is 9.44. The Hall–Kier alpha value is -0.680. The summed E-state index contributed by atoms with van der Waals surface area (Å²) < 4.78 is 5.02. The zero-order chi connectivity index (χ0) is 6.53. The molecule has 0 saturated carbocycles. The van der Waals surface area contributed by atoms with Crippen molar-refractivity contribution in [1.82, 2.24) is 10.2 Å². The summed E-state index contributed by atoms with van der Waals surface area (Å²) in [6.45, 7) is 1.02. The first-order chi connectivity index (χ1) is 4.43. The van der Waals surface area contributed by atoms with Crippen LogP contribution in [0.3, 0.4) is 0 Å². The molecular weight excluding hydrogens is 138 g/mol. The average molecular weight is 145 g/mol. The summed E-state index contributed by atoms with van der Waals surface area (Å²) in [5.41, 5.74) is 6.79. The van der Waals surface area contributed by atoms with Gasteiger partial charge in [0.15, 0.2) is 0 Å². The average Bonchev–Trinajstić information content (AvgIpc) is 2.34. The Kier molecular flexibility index (Phi) is 2.41. The third kappa shape index (κ3) is 1.95. The molecule has 0 saturated heterocycles. The van der Waals surface area contributed by atoms with Gasteiger partial charge in [0.05, 0.1) is 0 Å². The predicted octanol–water partition coefficient (Wildman–Crippen LogP) is -0.124. The Balaban J connectivity index is 2.30. The summed E-state index contributed by atoms with van der Waals surface area (Å²) >= 11 is 1.36. The molecule has 0 aliphatic heterocycles. The number of aromatic nitrogens is 2. The van der Waals surface area contributed by atoms with E-state index in [2.05, 4.69) is 10.2 Å². The standard InChI is InChI=1S/C4H7N3OS/c5-1-2-8-4-7-6-3-9-4/h3H,1-2,5H2. The summed E-state index contributed by atoms with van der Waals surface area (Å²) in [5.74, 6) is 0. The Labute approximate surface area is 56.7 Å². The van der Waals surface area contributed by atoms with Crippen molar-refractivity contribution in [2.75, 3.05) is 13.2 Å². The van der Waals surface area contributed by atoms with Crippen molar-refractivity contribution in [3.8, 4) is 5.19 Å². The lowest BCUT2D eigenvalue weighted by Gasteiger charge is -1.94. The molecule has 0 atom stereocenters. The first-order valence-corrected chi connectivity index (χ1v) is 3.40. The molecule has 4 nitrogen and oxygen atoms in total. The van der Waals surface area contributed by atoms with Gasteiger partial charge in [-0.05, 0) is 0 Å². The molecule has 0 radical (unpaired) electrons. The smallest absolute Gasteiger partial charge is 0.293 e. The van der Waals surface area contributed by atoms with Crippen molar-refractivity contribution in [3.05, 3.63) is 5.51 Å². The Morgan fingerprint density at radius 1 is 1.78 bits per heavy atom. The van der Waals surface area contributed by atoms with Crippen molar-refractivity contribution < 1.29 is 4.74 Å². The summed E-state index contributed by atoms with van der Waals surface area (Å²) in [4.78, 5) is 0. The molecule has 0 aliphatic rings. The van der Waals surface area contributed by atoms with Crippen molar-refractivity contribution in [3.63, 3.8) is 0 Å². The lowest BCUT2D eigenvalue weighted by atomic mass is 10.7. The van der Waals surface area contributed by atoms with Gasteiger partial charge in [-0.1, -0.05) is 11.3 Å². The van der Waals surface area contributed by atoms with E-state index in [0.717, 1.165) is 0 Å². The van der Waals surface area contributed by atoms with E-state index in [1.54, 1.807) is 5.51 Å². The van der Waals surface area contributed by atoms with Crippen LogP contribution in [0.2, 0.25) is 0 Å². The van der Waals surface area contributed by atoms with E-state index < -0.39 is 0 Å². The zero-order valence-electron chi connectivity index (χ0n) is 4.78. The molecule has 1 heterocycles. The van der Waals surface area contributed by atoms with Crippen LogP contribution >= 0.6 is 11.3 Å². The number of hydrogen-bond donors (Lipinski definition) is 1. The fourth-order valence-electron chi connectivity index (χ4n) is 0.372. The van der Waals surface area contributed by atoms with Crippen molar-refractivity contribution in [1.29, 1.82) is 0 Å². The van der Waals surface area contributed by atoms with Crippen LogP contribution in [0.4, 0.5) is 0 Å². The third-order valence-corrected chi connectivity index (χ3v) is 1.28. The minimum absolute atomic E-state index is 0.509. The van der Waals surface area contributed by atoms with Crippen LogP contribution in [0.1, 0.15) is 0 Å². The van der Waals surface area contributed by atoms with E-state index in [-0.39, 0.29) is 0 Å². The van der Waals surface area contributed by atoms with Crippen LogP contribution in [0.25, 0.3) is 0 Å². The molecule has 1 aromatic rings. The minimum atomic E-state index is 0.509. The maximum atomic E-state index is 5.18. The van der Waals surface area contributed by atoms with Gasteiger partial charge in [0.1, 0.15) is 12.1 Å². The van der Waals surface area contributed by atoms with Gasteiger partial charge >= 0.3 is 0 Å². The second-order valence-corrected chi connectivity index (χ2v) is 2.14. The number of rotatable bonds is 3. The molecular formula is C4H7N3OS. The monoisotopic (exact) mass is 145 g/mol. The van der Waals surface area contributed by atoms with Crippen molar-refractivity contribution in [2.24, 2.45) is 5.73 Å². The molecule has 9 heavy (non-hydrogen) atoms. The fourth-order valence-corrected chi connectivity index (χ4v) is 0.802. The van der Waals surface area contributed by atoms with E-state index in [0.29, 0.717) is 18.3 Å². The molecule has 0 unspecified atom stereocenters. The molecule has 0 bridgehead atoms. The quantitative estimate of drug-likeness (QED) is 0.644. The van der Waals surface area contributed by atoms with Gasteiger partial charge in [-0.3, -0.25) is 0 Å². The maximum absolute atomic E-state index is 5.18. The van der Waals surface area contributed by atoms with Gasteiger partial charge < -0.3 is 10.5 Å². The topological polar surface area (TPSA) is 61.0 Å². The Bertz CT molecular complexity index is 153. The highest BCUT2D eigenvalue weighted by Crippen LogP contribution is 2.09. The van der Waals surface area contributed by atoms with Crippen LogP contribution in [-0.4, -0.2) is 23.3 Å². The molecule has 50 valence electrons. The molecule has 0 fully saturated rings. The Morgan fingerprint density at radius 2 is 2.67 bits per heavy atom. The highest BCUT2D eigenvalue weighted by Gasteiger charge is 1.92. The third-order valence-electron chi connectivity index (χ3n) is 0.683. The van der Waals surface area contributed by atoms with Gasteiger partial charge in [0.25, 0.3) is 5.19 Å². The SMILES string of the molecule is NCCOc1nncs1. The lowest BCUT2D eigenvalue weighted by molar-refractivity contribution is 0.323. The Morgan fingerprint density at radius 3 is 3.22 bits per heavy atom. The summed E-state index contributed by atoms with van der Waals surface area (Å²) in [6, 6.07) is 0. The first-order valence-electron chi connectivity index (χ1n) is 2.52. The van der Waals surface area contributed by atoms with Crippen LogP contribution in [-0.2, 0) is 0 Å². The van der Waals surface area contributed by atoms with Crippen LogP contribution < -0.4 is 10.5 Å². The first kappa shape index (κ1) is 6.44. The van der Waals surface area contributed by atoms with Crippen LogP contribution in [0.15, 0.2) is 5.51 Å². The molecule has 1 aromatic heterocycles. The summed E-state index contributed by atoms with van der Waals surface area (Å²) in [5, 5.41) is 7.81. The van der Waals surface area contributed by atoms with Gasteiger partial charge in [-0.15, -0.1) is 10.2 Å². The number of nitrogens with two attached hydrogens (primary N) is 1. The fraction of sp³-hybridized carbons (Fsp3) is 0.500. The molecule has 0 spiro atoms. The van der Waals surface area contributed by atoms with Gasteiger partial charge in [0, 0.05) is 6.54 Å². The second kappa shape index (κ2) is 3.37. The minimum Gasteiger partial charge on any atom is -0.468 e.